The van der Waals surface area contributed by atoms with Gasteiger partial charge in [-0.1, -0.05) is 29.5 Å². The lowest BCUT2D eigenvalue weighted by Crippen LogP contribution is -2.29. The van der Waals surface area contributed by atoms with E-state index in [-0.39, 0.29) is 22.8 Å². The summed E-state index contributed by atoms with van der Waals surface area (Å²) >= 11 is 4.63. The molecule has 2 N–H and O–H groups in total. The molecule has 1 saturated heterocycles. The Morgan fingerprint density at radius 2 is 1.92 bits per heavy atom. The van der Waals surface area contributed by atoms with Crippen LogP contribution in [0.1, 0.15) is 35.2 Å². The van der Waals surface area contributed by atoms with E-state index in [1.54, 1.807) is 30.3 Å². The number of fused-ring (bicyclic) bond motifs is 1. The van der Waals surface area contributed by atoms with Crippen LogP contribution >= 0.6 is 27.3 Å². The molecule has 1 amide bonds. The maximum Gasteiger partial charge on any atom is 0.301 e. The van der Waals surface area contributed by atoms with Crippen molar-refractivity contribution in [3.05, 3.63) is 80.8 Å². The second kappa shape index (κ2) is 10.3. The topological polar surface area (TPSA) is 109 Å². The summed E-state index contributed by atoms with van der Waals surface area (Å²) in [5.74, 6) is -1.50. The van der Waals surface area contributed by atoms with E-state index < -0.39 is 17.7 Å². The van der Waals surface area contributed by atoms with Crippen LogP contribution in [0.25, 0.3) is 16.0 Å². The number of aromatic nitrogens is 1. The number of phenols is 1. The molecule has 0 bridgehead atoms. The first-order valence-electron chi connectivity index (χ1n) is 12.1. The number of aromatic hydroxyl groups is 1. The van der Waals surface area contributed by atoms with Crippen LogP contribution in [0.2, 0.25) is 0 Å². The van der Waals surface area contributed by atoms with Gasteiger partial charge >= 0.3 is 5.91 Å². The molecule has 4 aromatic rings. The summed E-state index contributed by atoms with van der Waals surface area (Å²) in [6, 6.07) is 12.8. The average molecular weight is 609 g/mol. The van der Waals surface area contributed by atoms with Gasteiger partial charge in [0.05, 0.1) is 40.0 Å². The number of Topliss-reactive ketones (excluding diaryl/α,β-unsaturated/α-hetero) is 1. The summed E-state index contributed by atoms with van der Waals surface area (Å²) < 4.78 is 12.1. The Labute approximate surface area is 237 Å². The summed E-state index contributed by atoms with van der Waals surface area (Å²) in [6.07, 6.45) is 0. The Bertz CT molecular complexity index is 1680. The Balaban J connectivity index is 1.77. The van der Waals surface area contributed by atoms with Gasteiger partial charge in [-0.05, 0) is 83.7 Å². The van der Waals surface area contributed by atoms with Crippen molar-refractivity contribution >= 4 is 60.1 Å². The SMILES string of the molecule is CCOc1cccc(/C(O)=C2\C(=O)C(=O)N(c3nc4c(C)cc(C)cc4s3)C2c2cc(Br)c(O)c(OC)c2)c1. The molecule has 1 atom stereocenters. The molecule has 0 radical (unpaired) electrons. The number of anilines is 1. The Kier molecular flexibility index (Phi) is 7.09. The van der Waals surface area contributed by atoms with Gasteiger partial charge in [0.25, 0.3) is 5.78 Å². The van der Waals surface area contributed by atoms with Gasteiger partial charge in [0.2, 0.25) is 0 Å². The molecule has 1 unspecified atom stereocenters. The van der Waals surface area contributed by atoms with E-state index in [4.69, 9.17) is 14.5 Å². The molecule has 2 heterocycles. The molecule has 0 aliphatic carbocycles. The molecule has 0 spiro atoms. The van der Waals surface area contributed by atoms with Gasteiger partial charge in [0, 0.05) is 5.56 Å². The minimum atomic E-state index is -1.05. The number of aliphatic hydroxyl groups is 1. The molecule has 10 heteroatoms. The van der Waals surface area contributed by atoms with Crippen molar-refractivity contribution in [3.63, 3.8) is 0 Å². The standard InChI is InChI=1S/C29H25BrN2O6S/c1-5-38-18-8-6-7-16(11-18)25(33)22-24(17-12-19(30)26(34)20(13-17)37-4)32(28(36)27(22)35)29-31-23-15(3)9-14(2)10-21(23)39-29/h6-13,24,33-34H,5H2,1-4H3/b25-22+. The van der Waals surface area contributed by atoms with Gasteiger partial charge in [-0.15, -0.1) is 0 Å². The summed E-state index contributed by atoms with van der Waals surface area (Å²) in [5.41, 5.74) is 3.38. The van der Waals surface area contributed by atoms with E-state index >= 15 is 0 Å². The number of nitrogens with zero attached hydrogens (tertiary/aromatic N) is 2. The fourth-order valence-corrected chi connectivity index (χ4v) is 6.40. The van der Waals surface area contributed by atoms with Gasteiger partial charge in [-0.3, -0.25) is 14.5 Å². The third kappa shape index (κ3) is 4.63. The number of aryl methyl sites for hydroxylation is 2. The maximum atomic E-state index is 13.6. The number of thiazole rings is 1. The summed E-state index contributed by atoms with van der Waals surface area (Å²) in [4.78, 5) is 33.2. The molecule has 1 fully saturated rings. The molecule has 200 valence electrons. The van der Waals surface area contributed by atoms with Crippen molar-refractivity contribution in [1.82, 2.24) is 4.98 Å². The summed E-state index contributed by atoms with van der Waals surface area (Å²) in [5, 5.41) is 22.2. The average Bonchev–Trinajstić information content (AvgIpc) is 3.44. The molecule has 39 heavy (non-hydrogen) atoms. The second-order valence-electron chi connectivity index (χ2n) is 9.11. The highest BCUT2D eigenvalue weighted by molar-refractivity contribution is 9.10. The quantitative estimate of drug-likeness (QED) is 0.148. The number of carbonyl (C=O) groups excluding carboxylic acids is 2. The number of amides is 1. The van der Waals surface area contributed by atoms with E-state index in [1.807, 2.05) is 32.9 Å². The molecule has 3 aromatic carbocycles. The van der Waals surface area contributed by atoms with Crippen LogP contribution in [0.15, 0.2) is 58.6 Å². The van der Waals surface area contributed by atoms with E-state index in [0.717, 1.165) is 21.3 Å². The fraction of sp³-hybridized carbons (Fsp3) is 0.207. The van der Waals surface area contributed by atoms with E-state index in [0.29, 0.717) is 33.1 Å². The monoisotopic (exact) mass is 608 g/mol. The number of hydrogen-bond donors (Lipinski definition) is 2. The highest BCUT2D eigenvalue weighted by atomic mass is 79.9. The van der Waals surface area contributed by atoms with Crippen molar-refractivity contribution in [2.24, 2.45) is 0 Å². The number of carbonyl (C=O) groups is 2. The molecule has 0 saturated carbocycles. The van der Waals surface area contributed by atoms with Crippen LogP contribution in [0, 0.1) is 13.8 Å². The molecule has 8 nitrogen and oxygen atoms in total. The predicted octanol–water partition coefficient (Wildman–Crippen LogP) is 6.41. The van der Waals surface area contributed by atoms with Crippen molar-refractivity contribution < 1.29 is 29.3 Å². The number of ether oxygens (including phenoxy) is 2. The van der Waals surface area contributed by atoms with Crippen LogP contribution in [-0.2, 0) is 9.59 Å². The molecule has 1 aliphatic rings. The number of halogens is 1. The third-order valence-electron chi connectivity index (χ3n) is 6.47. The number of hydrogen-bond acceptors (Lipinski definition) is 8. The summed E-state index contributed by atoms with van der Waals surface area (Å²) in [6.45, 7) is 6.19. The zero-order chi connectivity index (χ0) is 28.0. The van der Waals surface area contributed by atoms with Crippen LogP contribution in [0.3, 0.4) is 0 Å². The van der Waals surface area contributed by atoms with Gasteiger partial charge in [-0.2, -0.15) is 0 Å². The number of benzene rings is 3. The van der Waals surface area contributed by atoms with Crippen LogP contribution in [-0.4, -0.2) is 40.6 Å². The fourth-order valence-electron chi connectivity index (χ4n) is 4.77. The van der Waals surface area contributed by atoms with E-state index in [2.05, 4.69) is 15.9 Å². The third-order valence-corrected chi connectivity index (χ3v) is 8.08. The van der Waals surface area contributed by atoms with E-state index in [9.17, 15) is 19.8 Å². The summed E-state index contributed by atoms with van der Waals surface area (Å²) in [7, 11) is 1.40. The lowest BCUT2D eigenvalue weighted by atomic mass is 9.95. The maximum absolute atomic E-state index is 13.6. The molecule has 5 rings (SSSR count). The van der Waals surface area contributed by atoms with Crippen molar-refractivity contribution in [1.29, 1.82) is 0 Å². The van der Waals surface area contributed by atoms with Crippen LogP contribution < -0.4 is 14.4 Å². The molecule has 1 aliphatic heterocycles. The predicted molar refractivity (Wildman–Crippen MR) is 154 cm³/mol. The number of ketones is 1. The zero-order valence-electron chi connectivity index (χ0n) is 21.6. The number of methoxy groups -OCH3 is 1. The van der Waals surface area contributed by atoms with Crippen molar-refractivity contribution in [3.8, 4) is 17.2 Å². The lowest BCUT2D eigenvalue weighted by molar-refractivity contribution is -0.132. The van der Waals surface area contributed by atoms with Gasteiger partial charge in [-0.25, -0.2) is 4.98 Å². The van der Waals surface area contributed by atoms with Gasteiger partial charge in [0.15, 0.2) is 16.6 Å². The first-order valence-corrected chi connectivity index (χ1v) is 13.7. The van der Waals surface area contributed by atoms with E-state index in [1.165, 1.54) is 29.4 Å². The highest BCUT2D eigenvalue weighted by Gasteiger charge is 2.48. The minimum absolute atomic E-state index is 0.111. The smallest absolute Gasteiger partial charge is 0.301 e. The largest absolute Gasteiger partial charge is 0.507 e. The first-order chi connectivity index (χ1) is 18.6. The Hall–Kier alpha value is -3.89. The zero-order valence-corrected chi connectivity index (χ0v) is 24.0. The number of rotatable bonds is 6. The van der Waals surface area contributed by atoms with Crippen LogP contribution in [0.5, 0.6) is 17.2 Å². The highest BCUT2D eigenvalue weighted by Crippen LogP contribution is 2.47. The van der Waals surface area contributed by atoms with Gasteiger partial charge < -0.3 is 19.7 Å². The Morgan fingerprint density at radius 1 is 1.15 bits per heavy atom. The van der Waals surface area contributed by atoms with Crippen LogP contribution in [0.4, 0.5) is 5.13 Å². The minimum Gasteiger partial charge on any atom is -0.507 e. The van der Waals surface area contributed by atoms with Crippen molar-refractivity contribution in [2.45, 2.75) is 26.8 Å². The number of aliphatic hydroxyl groups excluding tert-OH is 1. The second-order valence-corrected chi connectivity index (χ2v) is 11.0. The van der Waals surface area contributed by atoms with Crippen molar-refractivity contribution in [2.75, 3.05) is 18.6 Å². The molecular weight excluding hydrogens is 584 g/mol. The molecular formula is C29H25BrN2O6S. The first kappa shape index (κ1) is 26.7. The lowest BCUT2D eigenvalue weighted by Gasteiger charge is -2.24. The Morgan fingerprint density at radius 3 is 2.64 bits per heavy atom. The number of phenolic OH excluding ortho intramolecular Hbond substituents is 1. The molecule has 1 aromatic heterocycles. The van der Waals surface area contributed by atoms with Gasteiger partial charge in [0.1, 0.15) is 11.5 Å². The normalized spacial score (nSPS) is 16.7.